The van der Waals surface area contributed by atoms with Gasteiger partial charge in [-0.05, 0) is 36.9 Å². The lowest BCUT2D eigenvalue weighted by molar-refractivity contribution is 0.0925. The minimum atomic E-state index is -0.435. The van der Waals surface area contributed by atoms with Crippen molar-refractivity contribution in [3.05, 3.63) is 59.9 Å². The van der Waals surface area contributed by atoms with Gasteiger partial charge in [0.15, 0.2) is 0 Å². The highest BCUT2D eigenvalue weighted by Gasteiger charge is 2.29. The molecule has 4 nitrogen and oxygen atoms in total. The molecule has 1 aliphatic heterocycles. The Labute approximate surface area is 135 Å². The number of aliphatic hydroxyl groups excluding tert-OH is 1. The molecule has 1 saturated heterocycles. The molecule has 1 fully saturated rings. The zero-order chi connectivity index (χ0) is 16.2. The van der Waals surface area contributed by atoms with E-state index in [1.54, 1.807) is 12.1 Å². The number of aliphatic hydroxyl groups is 1. The summed E-state index contributed by atoms with van der Waals surface area (Å²) >= 11 is 0. The van der Waals surface area contributed by atoms with E-state index in [4.69, 9.17) is 9.47 Å². The summed E-state index contributed by atoms with van der Waals surface area (Å²) in [5.41, 5.74) is 1.11. The molecule has 0 bridgehead atoms. The van der Waals surface area contributed by atoms with Crippen LogP contribution in [0.2, 0.25) is 0 Å². The van der Waals surface area contributed by atoms with Gasteiger partial charge in [0.05, 0.1) is 25.4 Å². The first-order valence-electron chi connectivity index (χ1n) is 7.60. The fourth-order valence-electron chi connectivity index (χ4n) is 2.69. The minimum Gasteiger partial charge on any atom is -0.457 e. The Morgan fingerprint density at radius 2 is 1.96 bits per heavy atom. The molecule has 0 aromatic heterocycles. The molecule has 2 aromatic carbocycles. The first kappa shape index (κ1) is 15.9. The van der Waals surface area contributed by atoms with Gasteiger partial charge in [-0.1, -0.05) is 18.2 Å². The van der Waals surface area contributed by atoms with Crippen molar-refractivity contribution >= 4 is 0 Å². The number of halogens is 1. The van der Waals surface area contributed by atoms with Crippen LogP contribution in [0, 0.1) is 5.82 Å². The van der Waals surface area contributed by atoms with Gasteiger partial charge in [-0.2, -0.15) is 0 Å². The van der Waals surface area contributed by atoms with Crippen molar-refractivity contribution in [2.75, 3.05) is 20.3 Å². The summed E-state index contributed by atoms with van der Waals surface area (Å²) in [4.78, 5) is 2.08. The lowest BCUT2D eigenvalue weighted by Crippen LogP contribution is -2.39. The molecule has 0 unspecified atom stereocenters. The zero-order valence-corrected chi connectivity index (χ0v) is 13.0. The molecule has 3 rings (SSSR count). The van der Waals surface area contributed by atoms with Gasteiger partial charge in [0.1, 0.15) is 17.3 Å². The monoisotopic (exact) mass is 317 g/mol. The Morgan fingerprint density at radius 3 is 2.61 bits per heavy atom. The Bertz CT molecular complexity index is 647. The van der Waals surface area contributed by atoms with E-state index in [2.05, 4.69) is 4.90 Å². The van der Waals surface area contributed by atoms with E-state index in [1.165, 1.54) is 12.1 Å². The van der Waals surface area contributed by atoms with Crippen LogP contribution in [-0.2, 0) is 11.3 Å². The van der Waals surface area contributed by atoms with E-state index >= 15 is 0 Å². The largest absolute Gasteiger partial charge is 0.457 e. The van der Waals surface area contributed by atoms with Crippen LogP contribution in [0.15, 0.2) is 48.5 Å². The third-order valence-corrected chi connectivity index (χ3v) is 3.97. The smallest absolute Gasteiger partial charge is 0.130 e. The van der Waals surface area contributed by atoms with Gasteiger partial charge >= 0.3 is 0 Å². The molecule has 2 aromatic rings. The number of benzene rings is 2. The highest BCUT2D eigenvalue weighted by molar-refractivity contribution is 5.33. The Hall–Kier alpha value is -1.95. The van der Waals surface area contributed by atoms with Crippen molar-refractivity contribution in [2.24, 2.45) is 0 Å². The number of nitrogens with zero attached hydrogens (tertiary/aromatic N) is 1. The SMILES string of the molecule is CN(Cc1ccc(Oc2cccc(F)c2)cc1)[C@@H]1COC[C@H]1O. The van der Waals surface area contributed by atoms with Gasteiger partial charge in [0.2, 0.25) is 0 Å². The summed E-state index contributed by atoms with van der Waals surface area (Å²) in [7, 11) is 1.97. The van der Waals surface area contributed by atoms with Crippen molar-refractivity contribution in [2.45, 2.75) is 18.7 Å². The van der Waals surface area contributed by atoms with Crippen molar-refractivity contribution in [3.63, 3.8) is 0 Å². The van der Waals surface area contributed by atoms with Gasteiger partial charge in [0.25, 0.3) is 0 Å². The van der Waals surface area contributed by atoms with E-state index in [0.29, 0.717) is 31.3 Å². The molecule has 0 aliphatic carbocycles. The van der Waals surface area contributed by atoms with Crippen LogP contribution < -0.4 is 4.74 Å². The normalized spacial score (nSPS) is 20.9. The van der Waals surface area contributed by atoms with Gasteiger partial charge in [-0.3, -0.25) is 4.90 Å². The van der Waals surface area contributed by atoms with E-state index in [1.807, 2.05) is 31.3 Å². The minimum absolute atomic E-state index is 0.0261. The maximum Gasteiger partial charge on any atom is 0.130 e. The molecule has 1 aliphatic rings. The number of hydrogen-bond donors (Lipinski definition) is 1. The molecule has 0 spiro atoms. The number of likely N-dealkylation sites (N-methyl/N-ethyl adjacent to an activating group) is 1. The topological polar surface area (TPSA) is 41.9 Å². The number of rotatable bonds is 5. The van der Waals surface area contributed by atoms with Crippen LogP contribution >= 0.6 is 0 Å². The number of hydrogen-bond acceptors (Lipinski definition) is 4. The van der Waals surface area contributed by atoms with Crippen LogP contribution in [-0.4, -0.2) is 42.4 Å². The van der Waals surface area contributed by atoms with Gasteiger partial charge in [0, 0.05) is 12.6 Å². The van der Waals surface area contributed by atoms with E-state index in [-0.39, 0.29) is 11.9 Å². The van der Waals surface area contributed by atoms with Gasteiger partial charge < -0.3 is 14.6 Å². The van der Waals surface area contributed by atoms with E-state index < -0.39 is 6.10 Å². The van der Waals surface area contributed by atoms with Gasteiger partial charge in [-0.15, -0.1) is 0 Å². The Morgan fingerprint density at radius 1 is 1.17 bits per heavy atom. The van der Waals surface area contributed by atoms with Crippen LogP contribution in [0.4, 0.5) is 4.39 Å². The summed E-state index contributed by atoms with van der Waals surface area (Å²) in [6.07, 6.45) is -0.435. The predicted octanol–water partition coefficient (Wildman–Crippen LogP) is 2.81. The second-order valence-electron chi connectivity index (χ2n) is 5.79. The van der Waals surface area contributed by atoms with E-state index in [0.717, 1.165) is 5.56 Å². The molecule has 0 radical (unpaired) electrons. The summed E-state index contributed by atoms with van der Waals surface area (Å²) < 4.78 is 24.0. The van der Waals surface area contributed by atoms with Gasteiger partial charge in [-0.25, -0.2) is 4.39 Å². The molecule has 1 heterocycles. The second kappa shape index (κ2) is 7.08. The Kier molecular flexibility index (Phi) is 4.91. The average molecular weight is 317 g/mol. The predicted molar refractivity (Wildman–Crippen MR) is 85.0 cm³/mol. The quantitative estimate of drug-likeness (QED) is 0.921. The lowest BCUT2D eigenvalue weighted by Gasteiger charge is -2.25. The third-order valence-electron chi connectivity index (χ3n) is 3.97. The third kappa shape index (κ3) is 4.07. The summed E-state index contributed by atoms with van der Waals surface area (Å²) in [5, 5.41) is 9.85. The van der Waals surface area contributed by atoms with Crippen molar-refractivity contribution in [1.29, 1.82) is 0 Å². The fraction of sp³-hybridized carbons (Fsp3) is 0.333. The second-order valence-corrected chi connectivity index (χ2v) is 5.79. The van der Waals surface area contributed by atoms with E-state index in [9.17, 15) is 9.50 Å². The molecule has 23 heavy (non-hydrogen) atoms. The molecule has 122 valence electrons. The maximum absolute atomic E-state index is 13.1. The molecular formula is C18H20FNO3. The standard InChI is InChI=1S/C18H20FNO3/c1-20(17-11-22-12-18(17)21)10-13-5-7-15(8-6-13)23-16-4-2-3-14(19)9-16/h2-9,17-18,21H,10-12H2,1H3/t17-,18-/m1/s1. The van der Waals surface area contributed by atoms with Crippen LogP contribution in [0.25, 0.3) is 0 Å². The molecule has 2 atom stereocenters. The van der Waals surface area contributed by atoms with Crippen molar-refractivity contribution < 1.29 is 19.0 Å². The van der Waals surface area contributed by atoms with Crippen molar-refractivity contribution in [3.8, 4) is 11.5 Å². The zero-order valence-electron chi connectivity index (χ0n) is 13.0. The number of ether oxygens (including phenoxy) is 2. The van der Waals surface area contributed by atoms with Crippen LogP contribution in [0.5, 0.6) is 11.5 Å². The molecule has 1 N–H and O–H groups in total. The lowest BCUT2D eigenvalue weighted by atomic mass is 10.1. The van der Waals surface area contributed by atoms with Crippen LogP contribution in [0.3, 0.4) is 0 Å². The first-order valence-corrected chi connectivity index (χ1v) is 7.60. The van der Waals surface area contributed by atoms with Crippen molar-refractivity contribution in [1.82, 2.24) is 4.90 Å². The Balaban J connectivity index is 1.60. The first-order chi connectivity index (χ1) is 11.1. The molecule has 0 amide bonds. The highest BCUT2D eigenvalue weighted by Crippen LogP contribution is 2.23. The fourth-order valence-corrected chi connectivity index (χ4v) is 2.69. The maximum atomic E-state index is 13.1. The molecular weight excluding hydrogens is 297 g/mol. The molecule has 5 heteroatoms. The molecule has 0 saturated carbocycles. The average Bonchev–Trinajstić information content (AvgIpc) is 2.95. The van der Waals surface area contributed by atoms with Crippen LogP contribution in [0.1, 0.15) is 5.56 Å². The summed E-state index contributed by atoms with van der Waals surface area (Å²) in [6, 6.07) is 13.7. The highest BCUT2D eigenvalue weighted by atomic mass is 19.1. The summed E-state index contributed by atoms with van der Waals surface area (Å²) in [5.74, 6) is 0.811. The summed E-state index contributed by atoms with van der Waals surface area (Å²) in [6.45, 7) is 1.67.